The van der Waals surface area contributed by atoms with Crippen LogP contribution in [-0.4, -0.2) is 27.2 Å². The van der Waals surface area contributed by atoms with Crippen LogP contribution in [0.2, 0.25) is 0 Å². The molecule has 0 radical (unpaired) electrons. The molecule has 6 heteroatoms. The quantitative estimate of drug-likeness (QED) is 0.869. The van der Waals surface area contributed by atoms with Gasteiger partial charge in [0.2, 0.25) is 10.0 Å². The molecule has 1 N–H and O–H groups in total. The van der Waals surface area contributed by atoms with E-state index in [0.717, 1.165) is 0 Å². The lowest BCUT2D eigenvalue weighted by molar-refractivity contribution is -0.00515. The van der Waals surface area contributed by atoms with Gasteiger partial charge in [0.15, 0.2) is 0 Å². The number of sulfonamides is 1. The Bertz CT molecular complexity index is 500. The molecule has 0 aromatic heterocycles. The van der Waals surface area contributed by atoms with E-state index in [0.29, 0.717) is 11.1 Å². The van der Waals surface area contributed by atoms with Gasteiger partial charge in [0.1, 0.15) is 0 Å². The molecule has 18 heavy (non-hydrogen) atoms. The second-order valence-electron chi connectivity index (χ2n) is 4.45. The van der Waals surface area contributed by atoms with Crippen LogP contribution < -0.4 is 4.72 Å². The lowest BCUT2D eigenvalue weighted by Gasteiger charge is -2.24. The molecule has 0 aliphatic rings. The van der Waals surface area contributed by atoms with Crippen molar-refractivity contribution in [3.8, 4) is 0 Å². The molecule has 1 rings (SSSR count). The predicted molar refractivity (Wildman–Crippen MR) is 75.0 cm³/mol. The van der Waals surface area contributed by atoms with Crippen LogP contribution in [0.15, 0.2) is 33.6 Å². The van der Waals surface area contributed by atoms with E-state index in [1.807, 2.05) is 20.8 Å². The number of rotatable bonds is 6. The Labute approximate surface area is 117 Å². The minimum atomic E-state index is -3.52. The van der Waals surface area contributed by atoms with Gasteiger partial charge in [-0.3, -0.25) is 0 Å². The van der Waals surface area contributed by atoms with E-state index in [1.165, 1.54) is 0 Å². The number of nitrogens with one attached hydrogen (secondary N) is 1. The van der Waals surface area contributed by atoms with Gasteiger partial charge in [0, 0.05) is 17.6 Å². The van der Waals surface area contributed by atoms with Gasteiger partial charge >= 0.3 is 0 Å². The van der Waals surface area contributed by atoms with E-state index < -0.39 is 15.6 Å². The molecule has 4 nitrogen and oxygen atoms in total. The summed E-state index contributed by atoms with van der Waals surface area (Å²) in [6, 6.07) is 6.71. The third-order valence-corrected chi connectivity index (χ3v) is 4.76. The van der Waals surface area contributed by atoms with Crippen molar-refractivity contribution in [3.63, 3.8) is 0 Å². The summed E-state index contributed by atoms with van der Waals surface area (Å²) in [7, 11) is -3.52. The van der Waals surface area contributed by atoms with Crippen LogP contribution in [0, 0.1) is 0 Å². The van der Waals surface area contributed by atoms with Crippen molar-refractivity contribution in [1.29, 1.82) is 0 Å². The predicted octanol–water partition coefficient (Wildman–Crippen LogP) is 2.54. The van der Waals surface area contributed by atoms with Crippen LogP contribution in [0.4, 0.5) is 0 Å². The number of hydrogen-bond donors (Lipinski definition) is 1. The molecule has 0 atom stereocenters. The van der Waals surface area contributed by atoms with E-state index in [4.69, 9.17) is 4.74 Å². The summed E-state index contributed by atoms with van der Waals surface area (Å²) in [5.74, 6) is 0. The topological polar surface area (TPSA) is 55.4 Å². The van der Waals surface area contributed by atoms with Gasteiger partial charge < -0.3 is 4.74 Å². The van der Waals surface area contributed by atoms with E-state index in [2.05, 4.69) is 20.7 Å². The molecular formula is C12H18BrNO3S. The lowest BCUT2D eigenvalue weighted by Crippen LogP contribution is -2.40. The van der Waals surface area contributed by atoms with E-state index in [1.54, 1.807) is 24.3 Å². The maximum absolute atomic E-state index is 12.1. The normalized spacial score (nSPS) is 12.7. The third-order valence-electron chi connectivity index (χ3n) is 2.35. The first-order valence-corrected chi connectivity index (χ1v) is 7.94. The largest absolute Gasteiger partial charge is 0.375 e. The van der Waals surface area contributed by atoms with Crippen molar-refractivity contribution in [2.75, 3.05) is 13.2 Å². The van der Waals surface area contributed by atoms with Crippen LogP contribution in [0.1, 0.15) is 20.8 Å². The van der Waals surface area contributed by atoms with Crippen molar-refractivity contribution >= 4 is 26.0 Å². The summed E-state index contributed by atoms with van der Waals surface area (Å²) in [5.41, 5.74) is -0.525. The Balaban J connectivity index is 2.81. The summed E-state index contributed by atoms with van der Waals surface area (Å²) < 4.78 is 32.8. The van der Waals surface area contributed by atoms with Crippen molar-refractivity contribution in [3.05, 3.63) is 28.7 Å². The molecule has 102 valence electrons. The highest BCUT2D eigenvalue weighted by molar-refractivity contribution is 9.10. The summed E-state index contributed by atoms with van der Waals surface area (Å²) >= 11 is 3.23. The third kappa shape index (κ3) is 4.35. The Kier molecular flexibility index (Phi) is 5.33. The van der Waals surface area contributed by atoms with Gasteiger partial charge in [-0.05, 0) is 48.8 Å². The minimum Gasteiger partial charge on any atom is -0.375 e. The zero-order chi connectivity index (χ0) is 13.8. The summed E-state index contributed by atoms with van der Waals surface area (Å²) in [6.45, 7) is 6.34. The molecule has 0 amide bonds. The molecule has 0 saturated carbocycles. The van der Waals surface area contributed by atoms with Crippen molar-refractivity contribution in [1.82, 2.24) is 4.72 Å². The van der Waals surface area contributed by atoms with Crippen molar-refractivity contribution < 1.29 is 13.2 Å². The van der Waals surface area contributed by atoms with Crippen LogP contribution >= 0.6 is 15.9 Å². The molecule has 1 aromatic carbocycles. The molecular weight excluding hydrogens is 318 g/mol. The van der Waals surface area contributed by atoms with Crippen LogP contribution in [0.5, 0.6) is 0 Å². The van der Waals surface area contributed by atoms with Gasteiger partial charge in [-0.25, -0.2) is 13.1 Å². The molecule has 0 spiro atoms. The average molecular weight is 336 g/mol. The number of benzene rings is 1. The maximum atomic E-state index is 12.1. The molecule has 1 aromatic rings. The Morgan fingerprint density at radius 3 is 2.50 bits per heavy atom. The van der Waals surface area contributed by atoms with Gasteiger partial charge in [0.05, 0.1) is 10.5 Å². The SMILES string of the molecule is CCOC(C)(C)CNS(=O)(=O)c1ccccc1Br. The van der Waals surface area contributed by atoms with Crippen LogP contribution in [0.3, 0.4) is 0 Å². The van der Waals surface area contributed by atoms with Gasteiger partial charge in [0.25, 0.3) is 0 Å². The highest BCUT2D eigenvalue weighted by Gasteiger charge is 2.23. The molecule has 0 aliphatic carbocycles. The van der Waals surface area contributed by atoms with Crippen molar-refractivity contribution in [2.45, 2.75) is 31.3 Å². The molecule has 0 bridgehead atoms. The van der Waals surface area contributed by atoms with Gasteiger partial charge in [-0.2, -0.15) is 0 Å². The number of halogens is 1. The first kappa shape index (κ1) is 15.6. The molecule has 0 unspecified atom stereocenters. The summed E-state index contributed by atoms with van der Waals surface area (Å²) in [5, 5.41) is 0. The molecule has 0 heterocycles. The molecule has 0 fully saturated rings. The summed E-state index contributed by atoms with van der Waals surface area (Å²) in [6.07, 6.45) is 0. The average Bonchev–Trinajstić information content (AvgIpc) is 2.27. The first-order chi connectivity index (χ1) is 8.28. The van der Waals surface area contributed by atoms with Gasteiger partial charge in [-0.1, -0.05) is 12.1 Å². The second kappa shape index (κ2) is 6.14. The summed E-state index contributed by atoms with van der Waals surface area (Å²) in [4.78, 5) is 0.234. The first-order valence-electron chi connectivity index (χ1n) is 5.66. The number of hydrogen-bond acceptors (Lipinski definition) is 3. The highest BCUT2D eigenvalue weighted by Crippen LogP contribution is 2.21. The van der Waals surface area contributed by atoms with Crippen LogP contribution in [-0.2, 0) is 14.8 Å². The Hall–Kier alpha value is -0.430. The molecule has 0 aliphatic heterocycles. The Morgan fingerprint density at radius 1 is 1.33 bits per heavy atom. The highest BCUT2D eigenvalue weighted by atomic mass is 79.9. The van der Waals surface area contributed by atoms with Crippen molar-refractivity contribution in [2.24, 2.45) is 0 Å². The zero-order valence-corrected chi connectivity index (χ0v) is 13.1. The van der Waals surface area contributed by atoms with E-state index in [-0.39, 0.29) is 11.4 Å². The number of ether oxygens (including phenoxy) is 1. The van der Waals surface area contributed by atoms with Crippen LogP contribution in [0.25, 0.3) is 0 Å². The van der Waals surface area contributed by atoms with E-state index in [9.17, 15) is 8.42 Å². The molecule has 0 saturated heterocycles. The minimum absolute atomic E-state index is 0.227. The van der Waals surface area contributed by atoms with E-state index >= 15 is 0 Å². The standard InChI is InChI=1S/C12H18BrNO3S/c1-4-17-12(2,3)9-14-18(15,16)11-8-6-5-7-10(11)13/h5-8,14H,4,9H2,1-3H3. The monoisotopic (exact) mass is 335 g/mol. The second-order valence-corrected chi connectivity index (χ2v) is 7.04. The maximum Gasteiger partial charge on any atom is 0.241 e. The zero-order valence-electron chi connectivity index (χ0n) is 10.7. The fourth-order valence-corrected chi connectivity index (χ4v) is 3.65. The lowest BCUT2D eigenvalue weighted by atomic mass is 10.1. The fourth-order valence-electron chi connectivity index (χ4n) is 1.45. The fraction of sp³-hybridized carbons (Fsp3) is 0.500. The Morgan fingerprint density at radius 2 is 1.94 bits per heavy atom. The smallest absolute Gasteiger partial charge is 0.241 e. The van der Waals surface area contributed by atoms with Gasteiger partial charge in [-0.15, -0.1) is 0 Å².